The average Bonchev–Trinajstić information content (AvgIpc) is 2.47. The molecule has 4 heteroatoms. The summed E-state index contributed by atoms with van der Waals surface area (Å²) >= 11 is 0. The highest BCUT2D eigenvalue weighted by Gasteiger charge is 2.19. The Hall–Kier alpha value is -1.81. The Balaban J connectivity index is 1.94. The summed E-state index contributed by atoms with van der Waals surface area (Å²) in [5.41, 5.74) is 1.19. The summed E-state index contributed by atoms with van der Waals surface area (Å²) in [4.78, 5) is 15.6. The van der Waals surface area contributed by atoms with Gasteiger partial charge in [0.15, 0.2) is 0 Å². The van der Waals surface area contributed by atoms with Crippen molar-refractivity contribution in [3.63, 3.8) is 0 Å². The van der Waals surface area contributed by atoms with E-state index in [1.807, 2.05) is 23.1 Å². The normalized spacial score (nSPS) is 15.9. The molecule has 0 saturated carbocycles. The first kappa shape index (κ1) is 14.6. The zero-order valence-electron chi connectivity index (χ0n) is 12.0. The van der Waals surface area contributed by atoms with E-state index in [0.717, 1.165) is 38.5 Å². The maximum absolute atomic E-state index is 11.3. The first-order valence-electron chi connectivity index (χ1n) is 7.00. The molecule has 0 radical (unpaired) electrons. The number of ether oxygens (including phenoxy) is 1. The fraction of sp³-hybridized carbons (Fsp3) is 0.438. The van der Waals surface area contributed by atoms with E-state index in [-0.39, 0.29) is 5.91 Å². The number of nitrogens with zero attached hydrogens (tertiary/aromatic N) is 2. The first-order valence-corrected chi connectivity index (χ1v) is 7.00. The average molecular weight is 274 g/mol. The van der Waals surface area contributed by atoms with Gasteiger partial charge in [0.1, 0.15) is 12.4 Å². The molecule has 0 aromatic heterocycles. The quantitative estimate of drug-likeness (QED) is 0.769. The van der Waals surface area contributed by atoms with Crippen LogP contribution < -0.4 is 4.74 Å². The number of hydrogen-bond acceptors (Lipinski definition) is 3. The second kappa shape index (κ2) is 7.10. The Labute approximate surface area is 120 Å². The summed E-state index contributed by atoms with van der Waals surface area (Å²) in [6.07, 6.45) is 1.75. The highest BCUT2D eigenvalue weighted by atomic mass is 16.5. The van der Waals surface area contributed by atoms with Crippen molar-refractivity contribution in [1.29, 1.82) is 0 Å². The number of carbonyl (C=O) groups is 1. The van der Waals surface area contributed by atoms with Crippen molar-refractivity contribution in [3.8, 4) is 5.75 Å². The predicted octanol–water partition coefficient (Wildman–Crippen LogP) is 1.92. The van der Waals surface area contributed by atoms with Crippen LogP contribution in [0.4, 0.5) is 0 Å². The number of amides is 1. The molecule has 2 rings (SSSR count). The van der Waals surface area contributed by atoms with Gasteiger partial charge in [0, 0.05) is 45.2 Å². The van der Waals surface area contributed by atoms with Crippen molar-refractivity contribution in [2.45, 2.75) is 13.5 Å². The monoisotopic (exact) mass is 274 g/mol. The van der Waals surface area contributed by atoms with Gasteiger partial charge in [0.2, 0.25) is 5.91 Å². The van der Waals surface area contributed by atoms with Gasteiger partial charge in [-0.15, -0.1) is 0 Å². The molecular formula is C16H22N2O2. The third kappa shape index (κ3) is 3.84. The zero-order chi connectivity index (χ0) is 14.4. The Morgan fingerprint density at radius 3 is 2.65 bits per heavy atom. The van der Waals surface area contributed by atoms with Crippen LogP contribution in [0.2, 0.25) is 0 Å². The van der Waals surface area contributed by atoms with Crippen molar-refractivity contribution in [2.75, 3.05) is 32.8 Å². The lowest BCUT2D eigenvalue weighted by Gasteiger charge is -2.34. The number of piperazine rings is 1. The molecule has 1 fully saturated rings. The summed E-state index contributed by atoms with van der Waals surface area (Å²) in [6.45, 7) is 10.1. The molecule has 0 N–H and O–H groups in total. The Bertz CT molecular complexity index is 465. The van der Waals surface area contributed by atoms with Crippen LogP contribution in [-0.2, 0) is 11.3 Å². The maximum atomic E-state index is 11.3. The number of para-hydroxylation sites is 1. The van der Waals surface area contributed by atoms with Gasteiger partial charge in [0.25, 0.3) is 0 Å². The van der Waals surface area contributed by atoms with E-state index in [0.29, 0.717) is 6.61 Å². The van der Waals surface area contributed by atoms with Crippen LogP contribution in [0.15, 0.2) is 36.9 Å². The van der Waals surface area contributed by atoms with Crippen LogP contribution in [0.3, 0.4) is 0 Å². The van der Waals surface area contributed by atoms with Gasteiger partial charge in [0.05, 0.1) is 0 Å². The van der Waals surface area contributed by atoms with E-state index in [9.17, 15) is 4.79 Å². The molecule has 0 spiro atoms. The van der Waals surface area contributed by atoms with Crippen molar-refractivity contribution >= 4 is 5.91 Å². The Kier molecular flexibility index (Phi) is 5.18. The molecule has 1 aromatic carbocycles. The SMILES string of the molecule is C=CCOc1ccccc1CN1CCN(C(C)=O)CC1. The van der Waals surface area contributed by atoms with E-state index in [4.69, 9.17) is 4.74 Å². The second-order valence-electron chi connectivity index (χ2n) is 4.99. The summed E-state index contributed by atoms with van der Waals surface area (Å²) in [5.74, 6) is 1.08. The summed E-state index contributed by atoms with van der Waals surface area (Å²) < 4.78 is 5.68. The Morgan fingerprint density at radius 2 is 2.00 bits per heavy atom. The first-order chi connectivity index (χ1) is 9.70. The minimum atomic E-state index is 0.166. The maximum Gasteiger partial charge on any atom is 0.219 e. The zero-order valence-corrected chi connectivity index (χ0v) is 12.0. The molecule has 4 nitrogen and oxygen atoms in total. The molecule has 0 aliphatic carbocycles. The number of hydrogen-bond donors (Lipinski definition) is 0. The molecule has 0 bridgehead atoms. The molecule has 1 saturated heterocycles. The van der Waals surface area contributed by atoms with Crippen LogP contribution in [0.25, 0.3) is 0 Å². The molecule has 1 aromatic rings. The molecule has 0 unspecified atom stereocenters. The predicted molar refractivity (Wildman–Crippen MR) is 79.7 cm³/mol. The van der Waals surface area contributed by atoms with Gasteiger partial charge in [-0.25, -0.2) is 0 Å². The molecule has 20 heavy (non-hydrogen) atoms. The van der Waals surface area contributed by atoms with Gasteiger partial charge < -0.3 is 9.64 Å². The summed E-state index contributed by atoms with van der Waals surface area (Å²) in [6, 6.07) is 8.10. The van der Waals surface area contributed by atoms with Crippen molar-refractivity contribution in [2.24, 2.45) is 0 Å². The minimum Gasteiger partial charge on any atom is -0.489 e. The van der Waals surface area contributed by atoms with Crippen LogP contribution in [0, 0.1) is 0 Å². The summed E-state index contributed by atoms with van der Waals surface area (Å²) in [7, 11) is 0. The highest BCUT2D eigenvalue weighted by molar-refractivity contribution is 5.73. The standard InChI is InChI=1S/C16H22N2O2/c1-3-12-20-16-7-5-4-6-15(16)13-17-8-10-18(11-9-17)14(2)19/h3-7H,1,8-13H2,2H3. The molecule has 1 aliphatic rings. The van der Waals surface area contributed by atoms with Crippen molar-refractivity contribution in [3.05, 3.63) is 42.5 Å². The van der Waals surface area contributed by atoms with Gasteiger partial charge in [-0.2, -0.15) is 0 Å². The molecule has 1 heterocycles. The van der Waals surface area contributed by atoms with Gasteiger partial charge >= 0.3 is 0 Å². The lowest BCUT2D eigenvalue weighted by atomic mass is 10.1. The number of carbonyl (C=O) groups excluding carboxylic acids is 1. The largest absolute Gasteiger partial charge is 0.489 e. The fourth-order valence-electron chi connectivity index (χ4n) is 2.39. The second-order valence-corrected chi connectivity index (χ2v) is 4.99. The third-order valence-electron chi connectivity index (χ3n) is 3.54. The fourth-order valence-corrected chi connectivity index (χ4v) is 2.39. The highest BCUT2D eigenvalue weighted by Crippen LogP contribution is 2.20. The number of rotatable bonds is 5. The lowest BCUT2D eigenvalue weighted by Crippen LogP contribution is -2.47. The molecule has 0 atom stereocenters. The van der Waals surface area contributed by atoms with E-state index < -0.39 is 0 Å². The van der Waals surface area contributed by atoms with E-state index in [2.05, 4.69) is 17.5 Å². The van der Waals surface area contributed by atoms with Gasteiger partial charge in [-0.1, -0.05) is 30.9 Å². The van der Waals surface area contributed by atoms with E-state index in [1.165, 1.54) is 5.56 Å². The molecule has 1 aliphatic heterocycles. The van der Waals surface area contributed by atoms with Crippen LogP contribution in [-0.4, -0.2) is 48.5 Å². The van der Waals surface area contributed by atoms with Crippen LogP contribution in [0.5, 0.6) is 5.75 Å². The topological polar surface area (TPSA) is 32.8 Å². The van der Waals surface area contributed by atoms with Gasteiger partial charge in [-0.05, 0) is 6.07 Å². The number of benzene rings is 1. The van der Waals surface area contributed by atoms with Crippen molar-refractivity contribution in [1.82, 2.24) is 9.80 Å². The molecular weight excluding hydrogens is 252 g/mol. The van der Waals surface area contributed by atoms with Crippen LogP contribution >= 0.6 is 0 Å². The van der Waals surface area contributed by atoms with E-state index >= 15 is 0 Å². The molecule has 108 valence electrons. The third-order valence-corrected chi connectivity index (χ3v) is 3.54. The van der Waals surface area contributed by atoms with Crippen LogP contribution in [0.1, 0.15) is 12.5 Å². The van der Waals surface area contributed by atoms with Crippen molar-refractivity contribution < 1.29 is 9.53 Å². The van der Waals surface area contributed by atoms with E-state index in [1.54, 1.807) is 13.0 Å². The smallest absolute Gasteiger partial charge is 0.219 e. The summed E-state index contributed by atoms with van der Waals surface area (Å²) in [5, 5.41) is 0. The lowest BCUT2D eigenvalue weighted by molar-refractivity contribution is -0.130. The Morgan fingerprint density at radius 1 is 1.30 bits per heavy atom. The minimum absolute atomic E-state index is 0.166. The molecule has 1 amide bonds. The van der Waals surface area contributed by atoms with Gasteiger partial charge in [-0.3, -0.25) is 9.69 Å².